The Morgan fingerprint density at radius 2 is 0.697 bits per heavy atom. The molecule has 76 heavy (non-hydrogen) atoms. The Bertz CT molecular complexity index is 2300. The van der Waals surface area contributed by atoms with E-state index in [1.165, 1.54) is 125 Å². The van der Waals surface area contributed by atoms with Gasteiger partial charge in [0, 0.05) is 45.7 Å². The van der Waals surface area contributed by atoms with E-state index >= 15 is 9.59 Å². The highest BCUT2D eigenvalue weighted by Crippen LogP contribution is 2.51. The molecule has 418 valence electrons. The van der Waals surface area contributed by atoms with Crippen LogP contribution in [0.15, 0.2) is 59.7 Å². The van der Waals surface area contributed by atoms with Gasteiger partial charge in [-0.05, 0) is 86.1 Å². The summed E-state index contributed by atoms with van der Waals surface area (Å²) >= 11 is 6.21. The molecule has 2 unspecified atom stereocenters. The van der Waals surface area contributed by atoms with E-state index in [4.69, 9.17) is 0 Å². The lowest BCUT2D eigenvalue weighted by Crippen LogP contribution is -2.34. The van der Waals surface area contributed by atoms with Crippen LogP contribution in [-0.2, 0) is 9.59 Å². The molecule has 0 aliphatic carbocycles. The van der Waals surface area contributed by atoms with Gasteiger partial charge in [0.15, 0.2) is 0 Å². The molecule has 4 amide bonds. The van der Waals surface area contributed by atoms with Crippen molar-refractivity contribution in [2.45, 2.75) is 221 Å². The zero-order valence-corrected chi connectivity index (χ0v) is 50.8. The first-order valence-corrected chi connectivity index (χ1v) is 33.5. The van der Waals surface area contributed by atoms with Gasteiger partial charge in [0.25, 0.3) is 23.6 Å². The fourth-order valence-electron chi connectivity index (χ4n) is 10.8. The Labute approximate surface area is 475 Å². The third-order valence-electron chi connectivity index (χ3n) is 15.6. The lowest BCUT2D eigenvalue weighted by atomic mass is 9.98. The Morgan fingerprint density at radius 3 is 1.04 bits per heavy atom. The molecule has 0 aromatic carbocycles. The van der Waals surface area contributed by atoms with Gasteiger partial charge in [-0.1, -0.05) is 196 Å². The largest absolute Gasteiger partial charge is 0.351 e. The maximum absolute atomic E-state index is 15.4. The molecule has 0 bridgehead atoms. The maximum atomic E-state index is 15.4. The number of nitrogens with one attached hydrogen (secondary N) is 2. The molecule has 6 rings (SSSR count). The second-order valence-electron chi connectivity index (χ2n) is 21.6. The van der Waals surface area contributed by atoms with Crippen molar-refractivity contribution < 1.29 is 19.2 Å². The number of hydrogen-bond acceptors (Lipinski definition) is 8. The molecule has 0 saturated heterocycles. The van der Waals surface area contributed by atoms with Crippen molar-refractivity contribution >= 4 is 80.4 Å². The highest BCUT2D eigenvalue weighted by Gasteiger charge is 2.50. The van der Waals surface area contributed by atoms with Gasteiger partial charge in [0.1, 0.15) is 0 Å². The number of carbonyl (C=O) groups is 4. The Morgan fingerprint density at radius 1 is 0.395 bits per heavy atom. The summed E-state index contributed by atoms with van der Waals surface area (Å²) in [7, 11) is 0. The highest BCUT2D eigenvalue weighted by molar-refractivity contribution is 7.24. The summed E-state index contributed by atoms with van der Waals surface area (Å²) in [5, 5.41) is 6.33. The monoisotopic (exact) mass is 1110 g/mol. The minimum absolute atomic E-state index is 0.0287. The SMILES string of the molecule is CCCCCCCCCCCCNC(=O)c1ccc(-c2ccc(C3=C4C(=O)N(CC(CC)CCCC)C(c5ccc(-c6ccc(C(=O)NCCCCCCCCCCCC)s6)s5)=C4C(=O)N3CC(CC)CCCC)s2)s1. The zero-order chi connectivity index (χ0) is 54.1. The molecule has 12 heteroatoms. The van der Waals surface area contributed by atoms with Crippen molar-refractivity contribution in [1.29, 1.82) is 0 Å². The number of amides is 4. The van der Waals surface area contributed by atoms with E-state index in [0.717, 1.165) is 118 Å². The first kappa shape index (κ1) is 61.4. The van der Waals surface area contributed by atoms with E-state index in [1.54, 1.807) is 22.7 Å². The molecule has 0 fully saturated rings. The summed E-state index contributed by atoms with van der Waals surface area (Å²) in [4.78, 5) is 68.6. The second kappa shape index (κ2) is 33.6. The lowest BCUT2D eigenvalue weighted by molar-refractivity contribution is -0.124. The van der Waals surface area contributed by atoms with E-state index in [0.29, 0.717) is 58.9 Å². The van der Waals surface area contributed by atoms with Gasteiger partial charge in [-0.25, -0.2) is 0 Å². The molecule has 4 aromatic heterocycles. The predicted molar refractivity (Wildman–Crippen MR) is 327 cm³/mol. The fourth-order valence-corrected chi connectivity index (χ4v) is 14.9. The van der Waals surface area contributed by atoms with Gasteiger partial charge < -0.3 is 20.4 Å². The van der Waals surface area contributed by atoms with Gasteiger partial charge in [-0.2, -0.15) is 0 Å². The van der Waals surface area contributed by atoms with Crippen molar-refractivity contribution in [2.75, 3.05) is 26.2 Å². The Balaban J connectivity index is 1.22. The highest BCUT2D eigenvalue weighted by atomic mass is 32.1. The van der Waals surface area contributed by atoms with Gasteiger partial charge in [0.2, 0.25) is 0 Å². The smallest absolute Gasteiger partial charge is 0.261 e. The van der Waals surface area contributed by atoms with Crippen LogP contribution in [0.2, 0.25) is 0 Å². The third-order valence-corrected chi connectivity index (χ3v) is 20.3. The minimum Gasteiger partial charge on any atom is -0.351 e. The van der Waals surface area contributed by atoms with Crippen molar-refractivity contribution in [2.24, 2.45) is 11.8 Å². The molecule has 2 N–H and O–H groups in total. The molecule has 0 saturated carbocycles. The molecule has 2 atom stereocenters. The molecule has 6 heterocycles. The van der Waals surface area contributed by atoms with E-state index < -0.39 is 0 Å². The molecular formula is C64H94N4O4S4. The second-order valence-corrected chi connectivity index (χ2v) is 26.0. The van der Waals surface area contributed by atoms with Gasteiger partial charge in [0.05, 0.1) is 42.0 Å². The quantitative estimate of drug-likeness (QED) is 0.0434. The number of nitrogens with zero attached hydrogens (tertiary/aromatic N) is 2. The molecule has 2 aliphatic rings. The first-order valence-electron chi connectivity index (χ1n) is 30.3. The Kier molecular flexibility index (Phi) is 27.1. The number of unbranched alkanes of at least 4 members (excludes halogenated alkanes) is 20. The molecule has 4 aromatic rings. The number of carbonyl (C=O) groups excluding carboxylic acids is 4. The number of fused-ring (bicyclic) bond motifs is 1. The summed E-state index contributed by atoms with van der Waals surface area (Å²) in [5.74, 6) is 0.342. The molecule has 0 spiro atoms. The van der Waals surface area contributed by atoms with Gasteiger partial charge >= 0.3 is 0 Å². The number of thiophene rings is 4. The first-order chi connectivity index (χ1) is 37.2. The van der Waals surface area contributed by atoms with Crippen LogP contribution in [0.25, 0.3) is 30.9 Å². The Hall–Kier alpha value is -3.84. The third kappa shape index (κ3) is 17.6. The minimum atomic E-state index is -0.0905. The molecule has 2 aliphatic heterocycles. The fraction of sp³-hybridized carbons (Fsp3) is 0.625. The van der Waals surface area contributed by atoms with Crippen LogP contribution in [-0.4, -0.2) is 59.6 Å². The zero-order valence-electron chi connectivity index (χ0n) is 47.6. The van der Waals surface area contributed by atoms with Crippen LogP contribution < -0.4 is 10.6 Å². The number of hydrogen-bond donors (Lipinski definition) is 2. The van der Waals surface area contributed by atoms with Crippen molar-refractivity contribution in [1.82, 2.24) is 20.4 Å². The topological polar surface area (TPSA) is 98.8 Å². The molecular weight excluding hydrogens is 1020 g/mol. The molecule has 0 radical (unpaired) electrons. The predicted octanol–water partition coefficient (Wildman–Crippen LogP) is 18.8. The summed E-state index contributed by atoms with van der Waals surface area (Å²) in [6.07, 6.45) is 33.5. The standard InChI is InChI=1S/C64H94N4O4S4/c1-7-13-17-19-21-23-25-27-29-31-43-65-61(69)55-41-37-51(75-55)49-35-39-53(73-49)59-57-58(64(72)67(59)45-47(11-5)33-15-9-3)60(68(63(57)71)46-48(12-6)34-16-10-4)54-40-36-50(74-54)52-38-42-56(76-52)62(70)66-44-32-30-28-26-24-22-20-18-14-8-2/h35-42,47-48H,7-34,43-46H2,1-6H3,(H,65,69)(H,66,70). The van der Waals surface area contributed by atoms with E-state index in [-0.39, 0.29) is 23.6 Å². The van der Waals surface area contributed by atoms with Crippen LogP contribution >= 0.6 is 45.3 Å². The average Bonchev–Trinajstić information content (AvgIpc) is 4.36. The van der Waals surface area contributed by atoms with Gasteiger partial charge in [-0.3, -0.25) is 19.2 Å². The van der Waals surface area contributed by atoms with E-state index in [1.807, 2.05) is 34.1 Å². The van der Waals surface area contributed by atoms with Crippen LogP contribution in [0.3, 0.4) is 0 Å². The summed E-state index contributed by atoms with van der Waals surface area (Å²) < 4.78 is 0. The number of rotatable bonds is 40. The normalized spacial score (nSPS) is 14.4. The van der Waals surface area contributed by atoms with E-state index in [2.05, 4.69) is 76.4 Å². The maximum Gasteiger partial charge on any atom is 0.261 e. The summed E-state index contributed by atoms with van der Waals surface area (Å²) in [6, 6.07) is 16.3. The van der Waals surface area contributed by atoms with E-state index in [9.17, 15) is 9.59 Å². The van der Waals surface area contributed by atoms with Gasteiger partial charge in [-0.15, -0.1) is 45.3 Å². The molecule has 8 nitrogen and oxygen atoms in total. The summed E-state index contributed by atoms with van der Waals surface area (Å²) in [5.41, 5.74) is 2.50. The van der Waals surface area contributed by atoms with Crippen molar-refractivity contribution in [3.05, 3.63) is 79.2 Å². The van der Waals surface area contributed by atoms with Crippen LogP contribution in [0.5, 0.6) is 0 Å². The summed E-state index contributed by atoms with van der Waals surface area (Å²) in [6.45, 7) is 15.9. The van der Waals surface area contributed by atoms with Crippen LogP contribution in [0.4, 0.5) is 0 Å². The van der Waals surface area contributed by atoms with Crippen molar-refractivity contribution in [3.63, 3.8) is 0 Å². The van der Waals surface area contributed by atoms with Crippen LogP contribution in [0, 0.1) is 11.8 Å². The van der Waals surface area contributed by atoms with Crippen molar-refractivity contribution in [3.8, 4) is 19.5 Å². The van der Waals surface area contributed by atoms with Crippen LogP contribution in [0.1, 0.15) is 250 Å². The average molecular weight is 1110 g/mol. The lowest BCUT2D eigenvalue weighted by Gasteiger charge is -2.29.